The van der Waals surface area contributed by atoms with E-state index < -0.39 is 6.10 Å². The molecule has 2 N–H and O–H groups in total. The van der Waals surface area contributed by atoms with Crippen molar-refractivity contribution in [1.29, 1.82) is 0 Å². The molecule has 1 aromatic rings. The predicted molar refractivity (Wildman–Crippen MR) is 76.5 cm³/mol. The molecule has 0 saturated carbocycles. The van der Waals surface area contributed by atoms with Crippen LogP contribution in [0.3, 0.4) is 0 Å². The summed E-state index contributed by atoms with van der Waals surface area (Å²) in [4.78, 5) is 16.1. The molecule has 0 aliphatic rings. The fraction of sp³-hybridized carbons (Fsp3) is 0.571. The van der Waals surface area contributed by atoms with E-state index in [2.05, 4.69) is 10.3 Å². The molecule has 0 fully saturated rings. The van der Waals surface area contributed by atoms with Crippen LogP contribution in [0.1, 0.15) is 49.2 Å². The standard InChI is InChI=1S/C14H21ClN2O2/c1-3-5-11-7-10(8-13(15)17-11)14(19)16-9-12(18)6-4-2/h7-8,12,18H,3-6,9H2,1-2H3,(H,16,19). The lowest BCUT2D eigenvalue weighted by Gasteiger charge is -2.11. The summed E-state index contributed by atoms with van der Waals surface area (Å²) >= 11 is 5.90. The fourth-order valence-corrected chi connectivity index (χ4v) is 2.04. The van der Waals surface area contributed by atoms with Gasteiger partial charge >= 0.3 is 0 Å². The smallest absolute Gasteiger partial charge is 0.251 e. The monoisotopic (exact) mass is 284 g/mol. The van der Waals surface area contributed by atoms with Crippen LogP contribution in [0.2, 0.25) is 5.15 Å². The van der Waals surface area contributed by atoms with Gasteiger partial charge in [0, 0.05) is 17.8 Å². The highest BCUT2D eigenvalue weighted by atomic mass is 35.5. The van der Waals surface area contributed by atoms with Crippen LogP contribution in [-0.4, -0.2) is 28.6 Å². The molecule has 0 aliphatic carbocycles. The first kappa shape index (κ1) is 15.9. The molecule has 0 saturated heterocycles. The lowest BCUT2D eigenvalue weighted by atomic mass is 10.1. The molecule has 0 bridgehead atoms. The Kier molecular flexibility index (Phi) is 6.81. The maximum absolute atomic E-state index is 12.0. The minimum absolute atomic E-state index is 0.225. The maximum Gasteiger partial charge on any atom is 0.251 e. The van der Waals surface area contributed by atoms with Crippen LogP contribution in [0.15, 0.2) is 12.1 Å². The minimum atomic E-state index is -0.499. The van der Waals surface area contributed by atoms with Crippen molar-refractivity contribution in [3.05, 3.63) is 28.5 Å². The van der Waals surface area contributed by atoms with Crippen LogP contribution in [0, 0.1) is 0 Å². The molecular weight excluding hydrogens is 264 g/mol. The lowest BCUT2D eigenvalue weighted by Crippen LogP contribution is -2.32. The van der Waals surface area contributed by atoms with E-state index in [0.717, 1.165) is 25.0 Å². The maximum atomic E-state index is 12.0. The van der Waals surface area contributed by atoms with E-state index in [4.69, 9.17) is 11.6 Å². The molecule has 4 nitrogen and oxygen atoms in total. The second-order valence-electron chi connectivity index (χ2n) is 4.57. The van der Waals surface area contributed by atoms with Gasteiger partial charge in [0.1, 0.15) is 5.15 Å². The van der Waals surface area contributed by atoms with Crippen molar-refractivity contribution < 1.29 is 9.90 Å². The van der Waals surface area contributed by atoms with Crippen molar-refractivity contribution in [3.63, 3.8) is 0 Å². The van der Waals surface area contributed by atoms with Crippen molar-refractivity contribution in [1.82, 2.24) is 10.3 Å². The minimum Gasteiger partial charge on any atom is -0.391 e. The van der Waals surface area contributed by atoms with Gasteiger partial charge in [-0.2, -0.15) is 0 Å². The highest BCUT2D eigenvalue weighted by molar-refractivity contribution is 6.29. The fourth-order valence-electron chi connectivity index (χ4n) is 1.81. The molecule has 0 spiro atoms. The Morgan fingerprint density at radius 1 is 1.42 bits per heavy atom. The van der Waals surface area contributed by atoms with Gasteiger partial charge in [-0.1, -0.05) is 38.3 Å². The number of carbonyl (C=O) groups is 1. The molecule has 1 aromatic heterocycles. The van der Waals surface area contributed by atoms with E-state index in [1.54, 1.807) is 12.1 Å². The van der Waals surface area contributed by atoms with Gasteiger partial charge in [0.25, 0.3) is 5.91 Å². The summed E-state index contributed by atoms with van der Waals surface area (Å²) in [5, 5.41) is 12.6. The Bertz CT molecular complexity index is 424. The van der Waals surface area contributed by atoms with Crippen LogP contribution in [0.5, 0.6) is 0 Å². The number of pyridine rings is 1. The molecule has 1 heterocycles. The molecule has 0 aliphatic heterocycles. The Balaban J connectivity index is 2.65. The molecule has 1 rings (SSSR count). The Hall–Kier alpha value is -1.13. The average Bonchev–Trinajstić information content (AvgIpc) is 2.36. The Morgan fingerprint density at radius 2 is 2.16 bits per heavy atom. The largest absolute Gasteiger partial charge is 0.391 e. The van der Waals surface area contributed by atoms with Gasteiger partial charge in [-0.3, -0.25) is 4.79 Å². The number of hydrogen-bond acceptors (Lipinski definition) is 3. The lowest BCUT2D eigenvalue weighted by molar-refractivity contribution is 0.0910. The summed E-state index contributed by atoms with van der Waals surface area (Å²) in [6.45, 7) is 4.30. The van der Waals surface area contributed by atoms with Crippen LogP contribution in [-0.2, 0) is 6.42 Å². The number of aliphatic hydroxyl groups excluding tert-OH is 1. The van der Waals surface area contributed by atoms with E-state index in [9.17, 15) is 9.90 Å². The van der Waals surface area contributed by atoms with E-state index in [1.807, 2.05) is 13.8 Å². The van der Waals surface area contributed by atoms with Crippen molar-refractivity contribution >= 4 is 17.5 Å². The number of nitrogens with one attached hydrogen (secondary N) is 1. The van der Waals surface area contributed by atoms with Gasteiger partial charge in [0.2, 0.25) is 0 Å². The molecule has 5 heteroatoms. The molecular formula is C14H21ClN2O2. The number of rotatable bonds is 7. The van der Waals surface area contributed by atoms with Gasteiger partial charge < -0.3 is 10.4 Å². The third-order valence-corrected chi connectivity index (χ3v) is 2.93. The number of halogens is 1. The number of hydrogen-bond donors (Lipinski definition) is 2. The van der Waals surface area contributed by atoms with Gasteiger partial charge in [-0.25, -0.2) is 4.98 Å². The number of carbonyl (C=O) groups excluding carboxylic acids is 1. The highest BCUT2D eigenvalue weighted by Crippen LogP contribution is 2.12. The zero-order valence-electron chi connectivity index (χ0n) is 11.4. The third-order valence-electron chi connectivity index (χ3n) is 2.74. The first-order chi connectivity index (χ1) is 9.06. The number of aryl methyl sites for hydroxylation is 1. The third kappa shape index (κ3) is 5.57. The van der Waals surface area contributed by atoms with Crippen LogP contribution < -0.4 is 5.32 Å². The normalized spacial score (nSPS) is 12.2. The molecule has 1 unspecified atom stereocenters. The zero-order chi connectivity index (χ0) is 14.3. The first-order valence-electron chi connectivity index (χ1n) is 6.69. The van der Waals surface area contributed by atoms with E-state index in [-0.39, 0.29) is 12.5 Å². The highest BCUT2D eigenvalue weighted by Gasteiger charge is 2.11. The average molecular weight is 285 g/mol. The van der Waals surface area contributed by atoms with Crippen molar-refractivity contribution in [2.75, 3.05) is 6.54 Å². The Labute approximate surface area is 119 Å². The summed E-state index contributed by atoms with van der Waals surface area (Å²) in [6, 6.07) is 3.29. The molecule has 1 amide bonds. The van der Waals surface area contributed by atoms with E-state index >= 15 is 0 Å². The summed E-state index contributed by atoms with van der Waals surface area (Å²) in [5.41, 5.74) is 1.31. The second kappa shape index (κ2) is 8.12. The zero-order valence-corrected chi connectivity index (χ0v) is 12.2. The number of nitrogens with zero attached hydrogens (tertiary/aromatic N) is 1. The van der Waals surface area contributed by atoms with Gasteiger partial charge in [-0.15, -0.1) is 0 Å². The summed E-state index contributed by atoms with van der Waals surface area (Å²) in [7, 11) is 0. The summed E-state index contributed by atoms with van der Waals surface area (Å²) in [5.74, 6) is -0.225. The van der Waals surface area contributed by atoms with E-state index in [0.29, 0.717) is 17.1 Å². The van der Waals surface area contributed by atoms with Gasteiger partial charge in [0.05, 0.1) is 6.10 Å². The number of aromatic nitrogens is 1. The van der Waals surface area contributed by atoms with E-state index in [1.165, 1.54) is 0 Å². The van der Waals surface area contributed by atoms with Crippen LogP contribution >= 0.6 is 11.6 Å². The molecule has 106 valence electrons. The number of aliphatic hydroxyl groups is 1. The van der Waals surface area contributed by atoms with Crippen molar-refractivity contribution in [2.24, 2.45) is 0 Å². The van der Waals surface area contributed by atoms with Crippen molar-refractivity contribution in [2.45, 2.75) is 45.6 Å². The van der Waals surface area contributed by atoms with Crippen LogP contribution in [0.4, 0.5) is 0 Å². The topological polar surface area (TPSA) is 62.2 Å². The van der Waals surface area contributed by atoms with Crippen LogP contribution in [0.25, 0.3) is 0 Å². The van der Waals surface area contributed by atoms with Gasteiger partial charge in [0.15, 0.2) is 0 Å². The second-order valence-corrected chi connectivity index (χ2v) is 4.96. The Morgan fingerprint density at radius 3 is 2.79 bits per heavy atom. The quantitative estimate of drug-likeness (QED) is 0.757. The number of amides is 1. The van der Waals surface area contributed by atoms with Gasteiger partial charge in [-0.05, 0) is 25.0 Å². The molecule has 0 aromatic carbocycles. The SMILES string of the molecule is CCCc1cc(C(=O)NCC(O)CCC)cc(Cl)n1. The molecule has 0 radical (unpaired) electrons. The molecule has 1 atom stereocenters. The summed E-state index contributed by atoms with van der Waals surface area (Å²) < 4.78 is 0. The van der Waals surface area contributed by atoms with Crippen molar-refractivity contribution in [3.8, 4) is 0 Å². The first-order valence-corrected chi connectivity index (χ1v) is 7.07. The molecule has 19 heavy (non-hydrogen) atoms. The predicted octanol–water partition coefficient (Wildman–Crippen LogP) is 2.58. The summed E-state index contributed by atoms with van der Waals surface area (Å²) in [6.07, 6.45) is 2.81.